The largest absolute Gasteiger partial charge is 0.481 e. The van der Waals surface area contributed by atoms with Crippen molar-refractivity contribution < 1.29 is 17.9 Å². The molecular formula is C24H26N2O4S. The number of carbonyl (C=O) groups is 1. The van der Waals surface area contributed by atoms with Crippen molar-refractivity contribution in [2.45, 2.75) is 38.7 Å². The summed E-state index contributed by atoms with van der Waals surface area (Å²) >= 11 is 0. The van der Waals surface area contributed by atoms with Gasteiger partial charge in [0.2, 0.25) is 0 Å². The lowest BCUT2D eigenvalue weighted by atomic mass is 10.1. The molecule has 7 heteroatoms. The summed E-state index contributed by atoms with van der Waals surface area (Å²) in [6.07, 6.45) is -0.715. The fourth-order valence-electron chi connectivity index (χ4n) is 2.90. The van der Waals surface area contributed by atoms with Crippen molar-refractivity contribution in [1.29, 1.82) is 0 Å². The number of hydrogen-bond donors (Lipinski definition) is 2. The van der Waals surface area contributed by atoms with E-state index in [0.29, 0.717) is 17.1 Å². The molecule has 31 heavy (non-hydrogen) atoms. The van der Waals surface area contributed by atoms with Crippen molar-refractivity contribution in [1.82, 2.24) is 0 Å². The van der Waals surface area contributed by atoms with Gasteiger partial charge < -0.3 is 10.1 Å². The molecule has 0 radical (unpaired) electrons. The Morgan fingerprint density at radius 2 is 1.55 bits per heavy atom. The molecule has 0 aliphatic heterocycles. The maximum absolute atomic E-state index is 12.6. The summed E-state index contributed by atoms with van der Waals surface area (Å²) in [6.45, 7) is 7.49. The molecule has 3 aromatic carbocycles. The Kier molecular flexibility index (Phi) is 6.65. The fourth-order valence-corrected chi connectivity index (χ4v) is 4.03. The highest BCUT2D eigenvalue weighted by molar-refractivity contribution is 7.92. The van der Waals surface area contributed by atoms with Gasteiger partial charge in [-0.1, -0.05) is 24.3 Å². The molecule has 3 rings (SSSR count). The molecule has 2 N–H and O–H groups in total. The van der Waals surface area contributed by atoms with Gasteiger partial charge in [0, 0.05) is 5.69 Å². The molecule has 0 saturated heterocycles. The van der Waals surface area contributed by atoms with E-state index in [4.69, 9.17) is 4.74 Å². The zero-order valence-corrected chi connectivity index (χ0v) is 18.8. The smallest absolute Gasteiger partial charge is 0.265 e. The van der Waals surface area contributed by atoms with Crippen molar-refractivity contribution in [3.8, 4) is 5.75 Å². The molecule has 0 saturated carbocycles. The number of anilines is 2. The van der Waals surface area contributed by atoms with Gasteiger partial charge in [0.15, 0.2) is 6.10 Å². The Morgan fingerprint density at radius 3 is 2.19 bits per heavy atom. The molecule has 0 spiro atoms. The van der Waals surface area contributed by atoms with Gasteiger partial charge in [0.05, 0.1) is 10.6 Å². The number of ether oxygens (including phenoxy) is 1. The molecule has 1 atom stereocenters. The van der Waals surface area contributed by atoms with Crippen molar-refractivity contribution >= 4 is 27.3 Å². The van der Waals surface area contributed by atoms with E-state index in [1.807, 2.05) is 51.1 Å². The molecule has 0 aliphatic carbocycles. The number of sulfonamides is 1. The number of hydrogen-bond acceptors (Lipinski definition) is 4. The number of rotatable bonds is 7. The van der Waals surface area contributed by atoms with Gasteiger partial charge in [-0.3, -0.25) is 9.52 Å². The second-order valence-electron chi connectivity index (χ2n) is 7.44. The summed E-state index contributed by atoms with van der Waals surface area (Å²) in [5.41, 5.74) is 4.07. The minimum absolute atomic E-state index is 0.105. The molecule has 6 nitrogen and oxygen atoms in total. The van der Waals surface area contributed by atoms with Gasteiger partial charge in [-0.2, -0.15) is 0 Å². The van der Waals surface area contributed by atoms with Crippen LogP contribution in [0, 0.1) is 20.8 Å². The summed E-state index contributed by atoms with van der Waals surface area (Å²) in [5, 5.41) is 2.75. The minimum Gasteiger partial charge on any atom is -0.481 e. The lowest BCUT2D eigenvalue weighted by molar-refractivity contribution is -0.122. The van der Waals surface area contributed by atoms with Gasteiger partial charge in [-0.25, -0.2) is 8.42 Å². The second kappa shape index (κ2) is 9.22. The summed E-state index contributed by atoms with van der Waals surface area (Å²) in [5.74, 6) is 0.293. The third-order valence-electron chi connectivity index (χ3n) is 4.98. The van der Waals surface area contributed by atoms with Crippen molar-refractivity contribution in [3.05, 3.63) is 83.4 Å². The molecule has 3 aromatic rings. The molecule has 0 fully saturated rings. The average molecular weight is 439 g/mol. The van der Waals surface area contributed by atoms with Crippen molar-refractivity contribution in [2.75, 3.05) is 10.0 Å². The van der Waals surface area contributed by atoms with Crippen LogP contribution in [-0.4, -0.2) is 20.4 Å². The first-order chi connectivity index (χ1) is 14.7. The topological polar surface area (TPSA) is 84.5 Å². The van der Waals surface area contributed by atoms with Crippen molar-refractivity contribution in [2.24, 2.45) is 0 Å². The van der Waals surface area contributed by atoms with E-state index in [0.717, 1.165) is 16.7 Å². The Morgan fingerprint density at radius 1 is 0.871 bits per heavy atom. The number of para-hydroxylation sites is 1. The van der Waals surface area contributed by atoms with E-state index < -0.39 is 16.1 Å². The Labute approximate surface area is 183 Å². The zero-order chi connectivity index (χ0) is 22.6. The third-order valence-corrected chi connectivity index (χ3v) is 6.36. The van der Waals surface area contributed by atoms with E-state index in [1.165, 1.54) is 12.1 Å². The molecule has 1 amide bonds. The van der Waals surface area contributed by atoms with E-state index in [-0.39, 0.29) is 10.8 Å². The third kappa shape index (κ3) is 5.64. The molecule has 0 aliphatic rings. The SMILES string of the molecule is Cc1ccc(O[C@H](C)C(=O)Nc2ccc(S(=O)(=O)Nc3ccccc3C)cc2)cc1C. The van der Waals surface area contributed by atoms with E-state index in [9.17, 15) is 13.2 Å². The highest BCUT2D eigenvalue weighted by Gasteiger charge is 2.17. The minimum atomic E-state index is -3.73. The highest BCUT2D eigenvalue weighted by atomic mass is 32.2. The lowest BCUT2D eigenvalue weighted by Crippen LogP contribution is -2.30. The van der Waals surface area contributed by atoms with Gasteiger partial charge in [-0.15, -0.1) is 0 Å². The van der Waals surface area contributed by atoms with Crippen LogP contribution in [0.5, 0.6) is 5.75 Å². The van der Waals surface area contributed by atoms with Gasteiger partial charge in [0.1, 0.15) is 5.75 Å². The zero-order valence-electron chi connectivity index (χ0n) is 18.0. The lowest BCUT2D eigenvalue weighted by Gasteiger charge is -2.16. The molecule has 0 aromatic heterocycles. The first-order valence-corrected chi connectivity index (χ1v) is 11.4. The molecular weight excluding hydrogens is 412 g/mol. The summed E-state index contributed by atoms with van der Waals surface area (Å²) in [4.78, 5) is 12.6. The number of nitrogens with one attached hydrogen (secondary N) is 2. The Bertz CT molecular complexity index is 1190. The molecule has 0 heterocycles. The Hall–Kier alpha value is -3.32. The summed E-state index contributed by atoms with van der Waals surface area (Å²) in [7, 11) is -3.73. The van der Waals surface area contributed by atoms with E-state index in [1.54, 1.807) is 31.2 Å². The van der Waals surface area contributed by atoms with Crippen LogP contribution in [0.2, 0.25) is 0 Å². The molecule has 162 valence electrons. The predicted octanol–water partition coefficient (Wildman–Crippen LogP) is 4.82. The number of carbonyl (C=O) groups excluding carboxylic acids is 1. The summed E-state index contributed by atoms with van der Waals surface area (Å²) < 4.78 is 33.6. The van der Waals surface area contributed by atoms with Gasteiger partial charge in [-0.05, 0) is 86.8 Å². The van der Waals surface area contributed by atoms with Gasteiger partial charge >= 0.3 is 0 Å². The molecule has 0 bridgehead atoms. The summed E-state index contributed by atoms with van der Waals surface area (Å²) in [6, 6.07) is 18.8. The standard InChI is InChI=1S/C24H26N2O4S/c1-16-9-12-21(15-18(16)3)30-19(4)24(27)25-20-10-13-22(14-11-20)31(28,29)26-23-8-6-5-7-17(23)2/h5-15,19,26H,1-4H3,(H,25,27)/t19-/m1/s1. The van der Waals surface area contributed by atoms with E-state index in [2.05, 4.69) is 10.0 Å². The number of benzene rings is 3. The van der Waals surface area contributed by atoms with Gasteiger partial charge in [0.25, 0.3) is 15.9 Å². The predicted molar refractivity (Wildman–Crippen MR) is 123 cm³/mol. The van der Waals surface area contributed by atoms with Crippen LogP contribution in [0.15, 0.2) is 71.6 Å². The second-order valence-corrected chi connectivity index (χ2v) is 9.12. The fraction of sp³-hybridized carbons (Fsp3) is 0.208. The first kappa shape index (κ1) is 22.4. The Balaban J connectivity index is 1.64. The maximum Gasteiger partial charge on any atom is 0.265 e. The normalized spacial score (nSPS) is 12.1. The van der Waals surface area contributed by atoms with Crippen molar-refractivity contribution in [3.63, 3.8) is 0 Å². The average Bonchev–Trinajstić information content (AvgIpc) is 2.72. The number of aryl methyl sites for hydroxylation is 3. The van der Waals surface area contributed by atoms with Crippen LogP contribution >= 0.6 is 0 Å². The van der Waals surface area contributed by atoms with E-state index >= 15 is 0 Å². The monoisotopic (exact) mass is 438 g/mol. The van der Waals surface area contributed by atoms with Crippen LogP contribution < -0.4 is 14.8 Å². The first-order valence-electron chi connectivity index (χ1n) is 9.89. The van der Waals surface area contributed by atoms with Crippen LogP contribution in [0.4, 0.5) is 11.4 Å². The van der Waals surface area contributed by atoms with Crippen LogP contribution in [0.1, 0.15) is 23.6 Å². The quantitative estimate of drug-likeness (QED) is 0.554. The van der Waals surface area contributed by atoms with Crippen LogP contribution in [-0.2, 0) is 14.8 Å². The highest BCUT2D eigenvalue weighted by Crippen LogP contribution is 2.21. The molecule has 0 unspecified atom stereocenters. The van der Waals surface area contributed by atoms with Crippen LogP contribution in [0.3, 0.4) is 0 Å². The van der Waals surface area contributed by atoms with Crippen LogP contribution in [0.25, 0.3) is 0 Å². The number of amides is 1. The maximum atomic E-state index is 12.6.